The zero-order chi connectivity index (χ0) is 30.9. The molecule has 9 nitrogen and oxygen atoms in total. The van der Waals surface area contributed by atoms with Crippen molar-refractivity contribution in [1.29, 1.82) is 0 Å². The van der Waals surface area contributed by atoms with E-state index in [1.807, 2.05) is 6.92 Å². The molecule has 4 rings (SSSR count). The Bertz CT molecular complexity index is 1680. The summed E-state index contributed by atoms with van der Waals surface area (Å²) in [5, 5.41) is 23.5. The third kappa shape index (κ3) is 7.85. The monoisotopic (exact) mass is 621 g/mol. The Labute approximate surface area is 255 Å². The molecule has 1 atom stereocenters. The molecule has 0 saturated carbocycles. The van der Waals surface area contributed by atoms with Crippen LogP contribution in [0.4, 0.5) is 0 Å². The average Bonchev–Trinajstić information content (AvgIpc) is 2.99. The molecule has 3 N–H and O–H groups in total. The summed E-state index contributed by atoms with van der Waals surface area (Å²) in [5.74, 6) is -0.720. The summed E-state index contributed by atoms with van der Waals surface area (Å²) in [6.07, 6.45) is 3.90. The highest BCUT2D eigenvalue weighted by Gasteiger charge is 2.25. The van der Waals surface area contributed by atoms with Crippen molar-refractivity contribution in [1.82, 2.24) is 5.32 Å². The van der Waals surface area contributed by atoms with E-state index in [9.17, 15) is 34.2 Å². The summed E-state index contributed by atoms with van der Waals surface area (Å²) in [6, 6.07) is 12.2. The first-order chi connectivity index (χ1) is 20.7. The molecular weight excluding hydrogens is 590 g/mol. The Hall–Kier alpha value is -4.09. The number of hydrogen-bond donors (Lipinski definition) is 3. The number of carbonyl (C=O) groups is 4. The van der Waals surface area contributed by atoms with E-state index in [0.29, 0.717) is 41.5 Å². The molecule has 0 fully saturated rings. The number of amides is 1. The standard InChI is InChI=1S/C32H31NO8S2/c1-2-3-6-27(37)26(18-43-42-14-5-4-13-34)33-31(38)19-7-10-22(25(15-19)32(39)40)30-23-11-8-20(35)16-28(23)41-29-17-21(36)9-12-24(29)30/h7-13,15-17,26,35H,2-6,14,18H2,1H3,(H,33,38)(H,39,40). The van der Waals surface area contributed by atoms with Crippen LogP contribution in [0.2, 0.25) is 0 Å². The fourth-order valence-electron chi connectivity index (χ4n) is 4.61. The minimum absolute atomic E-state index is 0.0640. The highest BCUT2D eigenvalue weighted by molar-refractivity contribution is 8.76. The largest absolute Gasteiger partial charge is 0.508 e. The van der Waals surface area contributed by atoms with Gasteiger partial charge in [-0.3, -0.25) is 14.4 Å². The molecule has 2 aromatic carbocycles. The Morgan fingerprint density at radius 3 is 2.53 bits per heavy atom. The van der Waals surface area contributed by atoms with Crippen LogP contribution >= 0.6 is 21.6 Å². The molecule has 0 radical (unpaired) electrons. The van der Waals surface area contributed by atoms with Gasteiger partial charge >= 0.3 is 5.97 Å². The number of aromatic carboxylic acids is 1. The van der Waals surface area contributed by atoms with Gasteiger partial charge in [-0.2, -0.15) is 0 Å². The van der Waals surface area contributed by atoms with Crippen LogP contribution in [0.3, 0.4) is 0 Å². The van der Waals surface area contributed by atoms with Gasteiger partial charge in [0.2, 0.25) is 0 Å². The van der Waals surface area contributed by atoms with E-state index in [1.54, 1.807) is 12.1 Å². The first-order valence-electron chi connectivity index (χ1n) is 13.8. The summed E-state index contributed by atoms with van der Waals surface area (Å²) in [5.41, 5.74) is 1.12. The number of carboxylic acid groups (broad SMARTS) is 1. The number of ketones is 1. The van der Waals surface area contributed by atoms with E-state index in [0.717, 1.165) is 24.9 Å². The van der Waals surface area contributed by atoms with Gasteiger partial charge in [0.25, 0.3) is 5.91 Å². The van der Waals surface area contributed by atoms with Gasteiger partial charge in [0.15, 0.2) is 11.2 Å². The zero-order valence-electron chi connectivity index (χ0n) is 23.5. The SMILES string of the molecule is CCCCC(=O)C(CSSCCCC=O)NC(=O)c1ccc(-c2c3ccc(=O)cc-3oc3cc(O)ccc23)c(C(=O)O)c1. The lowest BCUT2D eigenvalue weighted by Crippen LogP contribution is -2.42. The molecule has 0 aromatic heterocycles. The van der Waals surface area contributed by atoms with Crippen LogP contribution in [-0.4, -0.2) is 51.7 Å². The number of phenolic OH excluding ortho intramolecular Hbond substituents is 1. The maximum absolute atomic E-state index is 13.3. The molecule has 0 saturated heterocycles. The van der Waals surface area contributed by atoms with Gasteiger partial charge in [-0.25, -0.2) is 4.79 Å². The number of phenols is 1. The molecule has 0 spiro atoms. The van der Waals surface area contributed by atoms with Crippen LogP contribution in [0.25, 0.3) is 33.4 Å². The van der Waals surface area contributed by atoms with E-state index in [2.05, 4.69) is 5.32 Å². The number of benzene rings is 3. The number of aldehydes is 1. The molecule has 1 heterocycles. The summed E-state index contributed by atoms with van der Waals surface area (Å²) >= 11 is 0. The molecule has 1 unspecified atom stereocenters. The Balaban J connectivity index is 1.69. The van der Waals surface area contributed by atoms with Gasteiger partial charge in [-0.1, -0.05) is 41.0 Å². The van der Waals surface area contributed by atoms with Crippen molar-refractivity contribution in [3.05, 3.63) is 75.9 Å². The van der Waals surface area contributed by atoms with E-state index < -0.39 is 17.9 Å². The summed E-state index contributed by atoms with van der Waals surface area (Å²) < 4.78 is 5.86. The highest BCUT2D eigenvalue weighted by Crippen LogP contribution is 2.42. The summed E-state index contributed by atoms with van der Waals surface area (Å²) in [4.78, 5) is 61.4. The number of nitrogens with one attached hydrogen (secondary N) is 1. The zero-order valence-corrected chi connectivity index (χ0v) is 25.1. The van der Waals surface area contributed by atoms with Gasteiger partial charge in [-0.15, -0.1) is 0 Å². The third-order valence-electron chi connectivity index (χ3n) is 6.80. The van der Waals surface area contributed by atoms with E-state index in [-0.39, 0.29) is 45.0 Å². The second-order valence-corrected chi connectivity index (χ2v) is 12.5. The molecular formula is C32H31NO8S2. The average molecular weight is 622 g/mol. The van der Waals surface area contributed by atoms with Gasteiger partial charge < -0.3 is 24.7 Å². The van der Waals surface area contributed by atoms with E-state index in [1.165, 1.54) is 64.1 Å². The lowest BCUT2D eigenvalue weighted by atomic mass is 9.89. The van der Waals surface area contributed by atoms with Crippen molar-refractivity contribution in [2.45, 2.75) is 45.1 Å². The predicted octanol–water partition coefficient (Wildman–Crippen LogP) is 6.19. The van der Waals surface area contributed by atoms with Crippen molar-refractivity contribution in [2.24, 2.45) is 0 Å². The van der Waals surface area contributed by atoms with Gasteiger partial charge in [0, 0.05) is 58.6 Å². The van der Waals surface area contributed by atoms with Crippen LogP contribution in [0.5, 0.6) is 5.75 Å². The maximum atomic E-state index is 13.3. The molecule has 0 bridgehead atoms. The number of rotatable bonds is 15. The topological polar surface area (TPSA) is 151 Å². The Morgan fingerprint density at radius 2 is 1.79 bits per heavy atom. The molecule has 43 heavy (non-hydrogen) atoms. The van der Waals surface area contributed by atoms with Gasteiger partial charge in [0.05, 0.1) is 11.6 Å². The molecule has 224 valence electrons. The van der Waals surface area contributed by atoms with Crippen LogP contribution in [0.15, 0.2) is 63.8 Å². The number of fused-ring (bicyclic) bond motifs is 2. The fourth-order valence-corrected chi connectivity index (χ4v) is 6.92. The molecule has 1 amide bonds. The number of Topliss-reactive ketones (excluding diaryl/α,β-unsaturated/α-hetero) is 1. The predicted molar refractivity (Wildman–Crippen MR) is 169 cm³/mol. The smallest absolute Gasteiger partial charge is 0.336 e. The second kappa shape index (κ2) is 14.9. The van der Waals surface area contributed by atoms with E-state index in [4.69, 9.17) is 4.42 Å². The lowest BCUT2D eigenvalue weighted by Gasteiger charge is -2.19. The number of carbonyl (C=O) groups excluding carboxylic acids is 3. The quantitative estimate of drug-likeness (QED) is 0.0607. The minimum Gasteiger partial charge on any atom is -0.508 e. The van der Waals surface area contributed by atoms with Crippen LogP contribution < -0.4 is 10.7 Å². The number of hydrogen-bond acceptors (Lipinski definition) is 9. The third-order valence-corrected chi connectivity index (χ3v) is 9.30. The number of carboxylic acids is 1. The Morgan fingerprint density at radius 1 is 1.00 bits per heavy atom. The Kier molecular flexibility index (Phi) is 11.0. The fraction of sp³-hybridized carbons (Fsp3) is 0.281. The first kappa shape index (κ1) is 31.8. The van der Waals surface area contributed by atoms with Crippen molar-refractivity contribution >= 4 is 56.5 Å². The molecule has 1 aliphatic carbocycles. The molecule has 2 aliphatic rings. The van der Waals surface area contributed by atoms with E-state index >= 15 is 0 Å². The minimum atomic E-state index is -1.27. The van der Waals surface area contributed by atoms with Crippen molar-refractivity contribution in [3.63, 3.8) is 0 Å². The number of unbranched alkanes of at least 4 members (excludes halogenated alkanes) is 2. The maximum Gasteiger partial charge on any atom is 0.336 e. The van der Waals surface area contributed by atoms with Crippen molar-refractivity contribution < 1.29 is 33.8 Å². The molecule has 2 aromatic rings. The second-order valence-electron chi connectivity index (χ2n) is 9.89. The lowest BCUT2D eigenvalue weighted by molar-refractivity contribution is -0.120. The first-order valence-corrected chi connectivity index (χ1v) is 16.3. The van der Waals surface area contributed by atoms with Crippen LogP contribution in [0.1, 0.15) is 59.7 Å². The number of aromatic hydroxyl groups is 1. The molecule has 11 heteroatoms. The molecule has 1 aliphatic heterocycles. The summed E-state index contributed by atoms with van der Waals surface area (Å²) in [6.45, 7) is 1.98. The normalized spacial score (nSPS) is 11.8. The van der Waals surface area contributed by atoms with Gasteiger partial charge in [0.1, 0.15) is 23.4 Å². The van der Waals surface area contributed by atoms with Crippen molar-refractivity contribution in [2.75, 3.05) is 11.5 Å². The highest BCUT2D eigenvalue weighted by atomic mass is 33.1. The van der Waals surface area contributed by atoms with Crippen LogP contribution in [-0.2, 0) is 9.59 Å². The van der Waals surface area contributed by atoms with Crippen LogP contribution in [0, 0.1) is 0 Å². The van der Waals surface area contributed by atoms with Gasteiger partial charge in [-0.05, 0) is 54.8 Å². The summed E-state index contributed by atoms with van der Waals surface area (Å²) in [7, 11) is 2.97. The van der Waals surface area contributed by atoms with Crippen molar-refractivity contribution in [3.8, 4) is 28.2 Å².